The predicted molar refractivity (Wildman–Crippen MR) is 107 cm³/mol. The van der Waals surface area contributed by atoms with E-state index in [0.717, 1.165) is 5.56 Å². The number of hydrogen-bond acceptors (Lipinski definition) is 4. The summed E-state index contributed by atoms with van der Waals surface area (Å²) in [6.07, 6.45) is 2.55. The highest BCUT2D eigenvalue weighted by Crippen LogP contribution is 2.27. The maximum absolute atomic E-state index is 12.3. The number of nitrogens with zero attached hydrogens (tertiary/aromatic N) is 1. The van der Waals surface area contributed by atoms with Crippen LogP contribution < -0.4 is 9.62 Å². The molecule has 0 radical (unpaired) electrons. The first-order valence-electron chi connectivity index (χ1n) is 8.90. The van der Waals surface area contributed by atoms with Gasteiger partial charge in [0.15, 0.2) is 0 Å². The Balaban J connectivity index is 1.76. The van der Waals surface area contributed by atoms with Gasteiger partial charge in [0.05, 0.1) is 11.9 Å². The molecular weight excluding hydrogens is 364 g/mol. The Hall–Kier alpha value is -2.38. The lowest BCUT2D eigenvalue weighted by Crippen LogP contribution is -2.43. The summed E-state index contributed by atoms with van der Waals surface area (Å²) in [6.45, 7) is 3.08. The van der Waals surface area contributed by atoms with Crippen molar-refractivity contribution in [1.29, 1.82) is 0 Å². The first-order valence-corrected chi connectivity index (χ1v) is 10.7. The Morgan fingerprint density at radius 1 is 1.04 bits per heavy atom. The third-order valence-electron chi connectivity index (χ3n) is 4.57. The average Bonchev–Trinajstić information content (AvgIpc) is 2.63. The molecule has 0 aliphatic carbocycles. The summed E-state index contributed by atoms with van der Waals surface area (Å²) in [5.41, 5.74) is 2.87. The van der Waals surface area contributed by atoms with Crippen molar-refractivity contribution in [2.24, 2.45) is 0 Å². The standard InChI is InChI=1S/C20H24N2O4S/c1-15-3-5-16(6-4-15)20(23)21-17-7-9-18(10-8-17)22(27(2,24)25)19-11-13-26-14-12-19/h3-10,19H,11-14H2,1-2H3,(H,21,23). The Bertz CT molecular complexity index is 887. The molecule has 27 heavy (non-hydrogen) atoms. The molecule has 1 aliphatic rings. The van der Waals surface area contributed by atoms with Crippen LogP contribution in [0, 0.1) is 6.92 Å². The van der Waals surface area contributed by atoms with Gasteiger partial charge in [-0.3, -0.25) is 9.10 Å². The number of sulfonamides is 1. The minimum Gasteiger partial charge on any atom is -0.381 e. The molecule has 1 fully saturated rings. The van der Waals surface area contributed by atoms with Crippen LogP contribution in [0.5, 0.6) is 0 Å². The van der Waals surface area contributed by atoms with E-state index < -0.39 is 10.0 Å². The molecule has 144 valence electrons. The van der Waals surface area contributed by atoms with Gasteiger partial charge in [0, 0.05) is 30.5 Å². The Labute approximate surface area is 160 Å². The van der Waals surface area contributed by atoms with Crippen LogP contribution in [0.2, 0.25) is 0 Å². The van der Waals surface area contributed by atoms with Gasteiger partial charge in [-0.25, -0.2) is 8.42 Å². The third kappa shape index (κ3) is 4.87. The minimum atomic E-state index is -3.41. The maximum Gasteiger partial charge on any atom is 0.255 e. The predicted octanol–water partition coefficient (Wildman–Crippen LogP) is 3.19. The van der Waals surface area contributed by atoms with E-state index in [0.29, 0.717) is 43.0 Å². The van der Waals surface area contributed by atoms with Crippen LogP contribution in [0.4, 0.5) is 11.4 Å². The zero-order valence-electron chi connectivity index (χ0n) is 15.5. The lowest BCUT2D eigenvalue weighted by Gasteiger charge is -2.34. The first-order chi connectivity index (χ1) is 12.8. The number of aryl methyl sites for hydroxylation is 1. The highest BCUT2D eigenvalue weighted by atomic mass is 32.2. The highest BCUT2D eigenvalue weighted by Gasteiger charge is 2.28. The Morgan fingerprint density at radius 2 is 1.63 bits per heavy atom. The van der Waals surface area contributed by atoms with E-state index in [9.17, 15) is 13.2 Å². The number of nitrogens with one attached hydrogen (secondary N) is 1. The van der Waals surface area contributed by atoms with Gasteiger partial charge in [0.1, 0.15) is 0 Å². The summed E-state index contributed by atoms with van der Waals surface area (Å²) in [6, 6.07) is 14.1. The molecular formula is C20H24N2O4S. The Morgan fingerprint density at radius 3 is 2.19 bits per heavy atom. The topological polar surface area (TPSA) is 75.7 Å². The van der Waals surface area contributed by atoms with Crippen molar-refractivity contribution in [2.75, 3.05) is 29.1 Å². The zero-order valence-corrected chi connectivity index (χ0v) is 16.3. The molecule has 1 N–H and O–H groups in total. The maximum atomic E-state index is 12.3. The summed E-state index contributed by atoms with van der Waals surface area (Å²) < 4.78 is 31.4. The van der Waals surface area contributed by atoms with Gasteiger partial charge in [-0.05, 0) is 56.2 Å². The van der Waals surface area contributed by atoms with Crippen LogP contribution in [-0.4, -0.2) is 39.8 Å². The van der Waals surface area contributed by atoms with Gasteiger partial charge in [0.25, 0.3) is 5.91 Å². The molecule has 7 heteroatoms. The van der Waals surface area contributed by atoms with Gasteiger partial charge < -0.3 is 10.1 Å². The molecule has 1 saturated heterocycles. The number of rotatable bonds is 5. The van der Waals surface area contributed by atoms with Crippen molar-refractivity contribution in [3.8, 4) is 0 Å². The smallest absolute Gasteiger partial charge is 0.255 e. The summed E-state index contributed by atoms with van der Waals surface area (Å²) in [5, 5.41) is 2.84. The molecule has 1 aliphatic heterocycles. The second kappa shape index (κ2) is 8.10. The van der Waals surface area contributed by atoms with Gasteiger partial charge in [-0.1, -0.05) is 17.7 Å². The van der Waals surface area contributed by atoms with E-state index in [1.807, 2.05) is 19.1 Å². The van der Waals surface area contributed by atoms with Crippen molar-refractivity contribution in [1.82, 2.24) is 0 Å². The second-order valence-electron chi connectivity index (χ2n) is 6.77. The number of carbonyl (C=O) groups is 1. The molecule has 0 bridgehead atoms. The van der Waals surface area contributed by atoms with Crippen molar-refractivity contribution in [3.05, 3.63) is 59.7 Å². The fourth-order valence-electron chi connectivity index (χ4n) is 3.19. The van der Waals surface area contributed by atoms with E-state index in [2.05, 4.69) is 5.32 Å². The zero-order chi connectivity index (χ0) is 19.4. The van der Waals surface area contributed by atoms with Crippen LogP contribution in [0.25, 0.3) is 0 Å². The molecule has 2 aromatic carbocycles. The van der Waals surface area contributed by atoms with Gasteiger partial charge >= 0.3 is 0 Å². The van der Waals surface area contributed by atoms with E-state index in [4.69, 9.17) is 4.74 Å². The molecule has 1 amide bonds. The number of benzene rings is 2. The van der Waals surface area contributed by atoms with Gasteiger partial charge in [-0.15, -0.1) is 0 Å². The second-order valence-corrected chi connectivity index (χ2v) is 8.63. The van der Waals surface area contributed by atoms with Crippen molar-refractivity contribution >= 4 is 27.3 Å². The molecule has 0 aromatic heterocycles. The molecule has 0 atom stereocenters. The Kier molecular flexibility index (Phi) is 5.82. The fraction of sp³-hybridized carbons (Fsp3) is 0.350. The number of carbonyl (C=O) groups excluding carboxylic acids is 1. The van der Waals surface area contributed by atoms with Crippen molar-refractivity contribution in [3.63, 3.8) is 0 Å². The lowest BCUT2D eigenvalue weighted by atomic mass is 10.1. The molecule has 0 saturated carbocycles. The summed E-state index contributed by atoms with van der Waals surface area (Å²) in [5.74, 6) is -0.202. The van der Waals surface area contributed by atoms with Gasteiger partial charge in [0.2, 0.25) is 10.0 Å². The van der Waals surface area contributed by atoms with Crippen LogP contribution in [0.1, 0.15) is 28.8 Å². The average molecular weight is 388 g/mol. The fourth-order valence-corrected chi connectivity index (χ4v) is 4.45. The molecule has 6 nitrogen and oxygen atoms in total. The highest BCUT2D eigenvalue weighted by molar-refractivity contribution is 7.92. The van der Waals surface area contributed by atoms with Crippen LogP contribution in [0.15, 0.2) is 48.5 Å². The normalized spacial score (nSPS) is 15.3. The number of ether oxygens (including phenoxy) is 1. The SMILES string of the molecule is Cc1ccc(C(=O)Nc2ccc(N(C3CCOCC3)S(C)(=O)=O)cc2)cc1. The third-order valence-corrected chi connectivity index (χ3v) is 5.80. The molecule has 0 spiro atoms. The minimum absolute atomic E-state index is 0.109. The van der Waals surface area contributed by atoms with Crippen LogP contribution in [-0.2, 0) is 14.8 Å². The molecule has 1 heterocycles. The largest absolute Gasteiger partial charge is 0.381 e. The molecule has 0 unspecified atom stereocenters. The molecule has 3 rings (SSSR count). The number of anilines is 2. The van der Waals surface area contributed by atoms with E-state index in [1.54, 1.807) is 36.4 Å². The van der Waals surface area contributed by atoms with Crippen LogP contribution in [0.3, 0.4) is 0 Å². The lowest BCUT2D eigenvalue weighted by molar-refractivity contribution is 0.0875. The molecule has 2 aromatic rings. The van der Waals surface area contributed by atoms with Crippen molar-refractivity contribution < 1.29 is 17.9 Å². The van der Waals surface area contributed by atoms with Crippen molar-refractivity contribution in [2.45, 2.75) is 25.8 Å². The van der Waals surface area contributed by atoms with Gasteiger partial charge in [-0.2, -0.15) is 0 Å². The van der Waals surface area contributed by atoms with E-state index in [1.165, 1.54) is 10.6 Å². The number of amides is 1. The summed E-state index contributed by atoms with van der Waals surface area (Å²) >= 11 is 0. The quantitative estimate of drug-likeness (QED) is 0.853. The monoisotopic (exact) mass is 388 g/mol. The van der Waals surface area contributed by atoms with Crippen LogP contribution >= 0.6 is 0 Å². The first kappa shape index (κ1) is 19.4. The van der Waals surface area contributed by atoms with E-state index in [-0.39, 0.29) is 11.9 Å². The van der Waals surface area contributed by atoms with E-state index >= 15 is 0 Å². The summed E-state index contributed by atoms with van der Waals surface area (Å²) in [4.78, 5) is 12.3. The number of hydrogen-bond donors (Lipinski definition) is 1. The summed E-state index contributed by atoms with van der Waals surface area (Å²) in [7, 11) is -3.41.